The molecule has 96 valence electrons. The van der Waals surface area contributed by atoms with Crippen molar-refractivity contribution in [1.82, 2.24) is 4.57 Å². The number of halogens is 1. The van der Waals surface area contributed by atoms with Gasteiger partial charge in [0.05, 0.1) is 11.4 Å². The van der Waals surface area contributed by atoms with Crippen molar-refractivity contribution in [1.29, 1.82) is 0 Å². The van der Waals surface area contributed by atoms with Gasteiger partial charge in [-0.1, -0.05) is 0 Å². The van der Waals surface area contributed by atoms with Crippen molar-refractivity contribution >= 4 is 22.5 Å². The van der Waals surface area contributed by atoms with E-state index in [2.05, 4.69) is 29.7 Å². The Morgan fingerprint density at radius 1 is 1.33 bits per heavy atom. The predicted octanol–water partition coefficient (Wildman–Crippen LogP) is 4.29. The first kappa shape index (κ1) is 11.9. The van der Waals surface area contributed by atoms with E-state index >= 15 is 0 Å². The minimum Gasteiger partial charge on any atom is -0.492 e. The van der Waals surface area contributed by atoms with Gasteiger partial charge in [0.2, 0.25) is 0 Å². The van der Waals surface area contributed by atoms with E-state index in [4.69, 9.17) is 16.3 Å². The molecule has 0 amide bonds. The van der Waals surface area contributed by atoms with E-state index in [9.17, 15) is 0 Å². The van der Waals surface area contributed by atoms with Gasteiger partial charge in [-0.05, 0) is 44.4 Å². The summed E-state index contributed by atoms with van der Waals surface area (Å²) in [7, 11) is 0. The van der Waals surface area contributed by atoms with Crippen LogP contribution < -0.4 is 4.74 Å². The Morgan fingerprint density at radius 2 is 2.17 bits per heavy atom. The molecule has 0 spiro atoms. The molecule has 3 rings (SSSR count). The van der Waals surface area contributed by atoms with Gasteiger partial charge in [-0.2, -0.15) is 0 Å². The molecule has 0 aliphatic heterocycles. The largest absolute Gasteiger partial charge is 0.492 e. The number of fused-ring (bicyclic) bond motifs is 1. The molecule has 0 atom stereocenters. The fourth-order valence-corrected chi connectivity index (χ4v) is 2.79. The lowest BCUT2D eigenvalue weighted by Gasteiger charge is -2.29. The molecule has 3 heteroatoms. The van der Waals surface area contributed by atoms with Crippen LogP contribution in [0.2, 0.25) is 0 Å². The third-order valence-corrected chi connectivity index (χ3v) is 3.95. The molecule has 1 aromatic heterocycles. The molecule has 2 aromatic rings. The maximum atomic E-state index is 5.66. The average Bonchev–Trinajstić information content (AvgIpc) is 2.62. The van der Waals surface area contributed by atoms with E-state index in [1.807, 2.05) is 6.07 Å². The second kappa shape index (κ2) is 4.85. The van der Waals surface area contributed by atoms with Crippen LogP contribution in [0.25, 0.3) is 10.9 Å². The predicted molar refractivity (Wildman–Crippen MR) is 75.8 cm³/mol. The van der Waals surface area contributed by atoms with Crippen LogP contribution in [0.4, 0.5) is 0 Å². The van der Waals surface area contributed by atoms with Gasteiger partial charge in [0, 0.05) is 23.2 Å². The number of rotatable bonds is 4. The quantitative estimate of drug-likeness (QED) is 0.751. The maximum Gasteiger partial charge on any atom is 0.121 e. The number of ether oxygens (including phenoxy) is 1. The van der Waals surface area contributed by atoms with Gasteiger partial charge >= 0.3 is 0 Å². The summed E-state index contributed by atoms with van der Waals surface area (Å²) in [4.78, 5) is 0. The van der Waals surface area contributed by atoms with Gasteiger partial charge in [0.25, 0.3) is 0 Å². The normalized spacial score (nSPS) is 15.9. The van der Waals surface area contributed by atoms with Gasteiger partial charge in [0.15, 0.2) is 0 Å². The first-order valence-electron chi connectivity index (χ1n) is 6.60. The van der Waals surface area contributed by atoms with Crippen molar-refractivity contribution in [2.24, 2.45) is 0 Å². The Labute approximate surface area is 112 Å². The summed E-state index contributed by atoms with van der Waals surface area (Å²) in [5.41, 5.74) is 2.65. The van der Waals surface area contributed by atoms with E-state index < -0.39 is 0 Å². The van der Waals surface area contributed by atoms with Crippen LogP contribution in [0.15, 0.2) is 24.3 Å². The third-order valence-electron chi connectivity index (χ3n) is 3.79. The number of nitrogens with zero attached hydrogens (tertiary/aromatic N) is 1. The molecule has 0 radical (unpaired) electrons. The SMILES string of the molecule is Cc1cc2ccc(OCCCl)cc2n1C1CCC1. The zero-order valence-electron chi connectivity index (χ0n) is 10.7. The standard InChI is InChI=1S/C15H18ClNO/c1-11-9-12-5-6-14(18-8-7-16)10-15(12)17(11)13-3-2-4-13/h5-6,9-10,13H,2-4,7-8H2,1H3. The van der Waals surface area contributed by atoms with E-state index in [-0.39, 0.29) is 0 Å². The van der Waals surface area contributed by atoms with Crippen molar-refractivity contribution < 1.29 is 4.74 Å². The summed E-state index contributed by atoms with van der Waals surface area (Å²) in [5, 5.41) is 1.30. The number of aryl methyl sites for hydroxylation is 1. The third kappa shape index (κ3) is 1.99. The Morgan fingerprint density at radius 3 is 2.83 bits per heavy atom. The van der Waals surface area contributed by atoms with Gasteiger partial charge in [-0.25, -0.2) is 0 Å². The van der Waals surface area contributed by atoms with Crippen molar-refractivity contribution in [2.75, 3.05) is 12.5 Å². The molecule has 1 aliphatic rings. The highest BCUT2D eigenvalue weighted by Gasteiger charge is 2.22. The van der Waals surface area contributed by atoms with Crippen LogP contribution in [-0.2, 0) is 0 Å². The van der Waals surface area contributed by atoms with Crippen molar-refractivity contribution in [2.45, 2.75) is 32.2 Å². The Bertz CT molecular complexity index is 557. The molecule has 18 heavy (non-hydrogen) atoms. The molecule has 1 heterocycles. The summed E-state index contributed by atoms with van der Waals surface area (Å²) < 4.78 is 8.08. The highest BCUT2D eigenvalue weighted by Crippen LogP contribution is 2.37. The highest BCUT2D eigenvalue weighted by atomic mass is 35.5. The zero-order chi connectivity index (χ0) is 12.5. The lowest BCUT2D eigenvalue weighted by molar-refractivity contribution is 0.316. The van der Waals surface area contributed by atoms with Crippen molar-refractivity contribution in [3.63, 3.8) is 0 Å². The fourth-order valence-electron chi connectivity index (χ4n) is 2.71. The minimum atomic E-state index is 0.528. The molecule has 0 N–H and O–H groups in total. The summed E-state index contributed by atoms with van der Waals surface area (Å²) in [6, 6.07) is 9.26. The second-order valence-electron chi connectivity index (χ2n) is 5.00. The number of hydrogen-bond donors (Lipinski definition) is 0. The van der Waals surface area contributed by atoms with E-state index in [1.54, 1.807) is 0 Å². The highest BCUT2D eigenvalue weighted by molar-refractivity contribution is 6.18. The lowest BCUT2D eigenvalue weighted by Crippen LogP contribution is -2.17. The molecule has 2 nitrogen and oxygen atoms in total. The second-order valence-corrected chi connectivity index (χ2v) is 5.38. The fraction of sp³-hybridized carbons (Fsp3) is 0.467. The molecule has 0 saturated heterocycles. The molecule has 1 saturated carbocycles. The van der Waals surface area contributed by atoms with Crippen LogP contribution in [0.3, 0.4) is 0 Å². The number of benzene rings is 1. The van der Waals surface area contributed by atoms with E-state index in [0.717, 1.165) is 5.75 Å². The number of hydrogen-bond acceptors (Lipinski definition) is 1. The molecular weight excluding hydrogens is 246 g/mol. The van der Waals surface area contributed by atoms with Crippen LogP contribution >= 0.6 is 11.6 Å². The molecule has 1 fully saturated rings. The van der Waals surface area contributed by atoms with Crippen molar-refractivity contribution in [3.05, 3.63) is 30.0 Å². The smallest absolute Gasteiger partial charge is 0.121 e. The summed E-state index contributed by atoms with van der Waals surface area (Å²) >= 11 is 5.66. The maximum absolute atomic E-state index is 5.66. The average molecular weight is 264 g/mol. The Kier molecular flexibility index (Phi) is 3.21. The van der Waals surface area contributed by atoms with Crippen LogP contribution in [0.1, 0.15) is 31.0 Å². The minimum absolute atomic E-state index is 0.528. The Hall–Kier alpha value is -1.15. The molecule has 0 unspecified atom stereocenters. The molecule has 1 aliphatic carbocycles. The zero-order valence-corrected chi connectivity index (χ0v) is 11.4. The van der Waals surface area contributed by atoms with Gasteiger partial charge < -0.3 is 9.30 Å². The van der Waals surface area contributed by atoms with Gasteiger partial charge in [0.1, 0.15) is 12.4 Å². The molecule has 1 aromatic carbocycles. The van der Waals surface area contributed by atoms with Gasteiger partial charge in [-0.15, -0.1) is 11.6 Å². The first-order chi connectivity index (χ1) is 8.79. The van der Waals surface area contributed by atoms with Gasteiger partial charge in [-0.3, -0.25) is 0 Å². The van der Waals surface area contributed by atoms with Crippen molar-refractivity contribution in [3.8, 4) is 5.75 Å². The van der Waals surface area contributed by atoms with Crippen LogP contribution in [-0.4, -0.2) is 17.1 Å². The molecule has 0 bridgehead atoms. The molecular formula is C15H18ClNO. The Balaban J connectivity index is 2.01. The number of aromatic nitrogens is 1. The summed E-state index contributed by atoms with van der Waals surface area (Å²) in [5.74, 6) is 1.45. The monoisotopic (exact) mass is 263 g/mol. The lowest BCUT2D eigenvalue weighted by atomic mass is 9.92. The first-order valence-corrected chi connectivity index (χ1v) is 7.13. The summed E-state index contributed by atoms with van der Waals surface area (Å²) in [6.45, 7) is 2.76. The topological polar surface area (TPSA) is 14.2 Å². The summed E-state index contributed by atoms with van der Waals surface area (Å²) in [6.07, 6.45) is 3.96. The van der Waals surface area contributed by atoms with E-state index in [1.165, 1.54) is 35.9 Å². The van der Waals surface area contributed by atoms with Crippen LogP contribution in [0, 0.1) is 6.92 Å². The van der Waals surface area contributed by atoms with E-state index in [0.29, 0.717) is 18.5 Å². The van der Waals surface area contributed by atoms with Crippen LogP contribution in [0.5, 0.6) is 5.75 Å². The number of alkyl halides is 1.